The van der Waals surface area contributed by atoms with Crippen LogP contribution in [0.1, 0.15) is 38.2 Å². The second-order valence-corrected chi connectivity index (χ2v) is 6.08. The summed E-state index contributed by atoms with van der Waals surface area (Å²) < 4.78 is 10.2. The molecule has 0 bridgehead atoms. The monoisotopic (exact) mass is 330 g/mol. The van der Waals surface area contributed by atoms with Crippen molar-refractivity contribution >= 4 is 11.9 Å². The highest BCUT2D eigenvalue weighted by Crippen LogP contribution is 2.23. The van der Waals surface area contributed by atoms with E-state index in [1.54, 1.807) is 24.3 Å². The van der Waals surface area contributed by atoms with Crippen LogP contribution >= 0.6 is 0 Å². The zero-order valence-electron chi connectivity index (χ0n) is 13.8. The second-order valence-electron chi connectivity index (χ2n) is 6.08. The first-order chi connectivity index (χ1) is 11.6. The number of nitrogens with zero attached hydrogens (tertiary/aromatic N) is 1. The van der Waals surface area contributed by atoms with Gasteiger partial charge in [0.2, 0.25) is 0 Å². The Morgan fingerprint density at radius 1 is 1.21 bits per heavy atom. The van der Waals surface area contributed by atoms with Gasteiger partial charge >= 0.3 is 5.97 Å². The number of esters is 1. The van der Waals surface area contributed by atoms with Crippen molar-refractivity contribution in [3.63, 3.8) is 0 Å². The number of hydrogen-bond acceptors (Lipinski definition) is 5. The fraction of sp³-hybridized carbons (Fsp3) is 0.500. The largest absolute Gasteiger partial charge is 0.481 e. The number of hydrogen-bond donors (Lipinski definition) is 1. The van der Waals surface area contributed by atoms with Crippen molar-refractivity contribution in [3.05, 3.63) is 29.8 Å². The van der Waals surface area contributed by atoms with E-state index in [2.05, 4.69) is 12.2 Å². The molecule has 0 unspecified atom stereocenters. The lowest BCUT2D eigenvalue weighted by Crippen LogP contribution is -2.39. The minimum atomic E-state index is -0.643. The summed E-state index contributed by atoms with van der Waals surface area (Å²) in [4.78, 5) is 23.4. The standard InChI is InChI=1S/C18H22N2O4/c1-13-6-8-15(9-7-13)20-17(21)11-24-18(22)12-23-16-5-3-2-4-14(16)10-19/h2-5,13,15H,6-9,11-12H2,1H3,(H,20,21). The molecule has 1 aromatic rings. The van der Waals surface area contributed by atoms with Crippen LogP contribution in [0, 0.1) is 17.2 Å². The van der Waals surface area contributed by atoms with Gasteiger partial charge in [0.05, 0.1) is 5.56 Å². The number of nitriles is 1. The summed E-state index contributed by atoms with van der Waals surface area (Å²) >= 11 is 0. The van der Waals surface area contributed by atoms with E-state index in [0.29, 0.717) is 17.2 Å². The summed E-state index contributed by atoms with van der Waals surface area (Å²) in [6, 6.07) is 8.76. The first-order valence-corrected chi connectivity index (χ1v) is 8.15. The van der Waals surface area contributed by atoms with E-state index in [1.165, 1.54) is 0 Å². The van der Waals surface area contributed by atoms with Gasteiger partial charge in [0, 0.05) is 6.04 Å². The molecular formula is C18H22N2O4. The van der Waals surface area contributed by atoms with Crippen LogP contribution in [-0.2, 0) is 14.3 Å². The van der Waals surface area contributed by atoms with Crippen LogP contribution in [0.5, 0.6) is 5.75 Å². The average molecular weight is 330 g/mol. The number of rotatable bonds is 6. The molecular weight excluding hydrogens is 308 g/mol. The minimum absolute atomic E-state index is 0.172. The molecule has 1 aliphatic carbocycles. The Morgan fingerprint density at radius 2 is 1.92 bits per heavy atom. The van der Waals surface area contributed by atoms with E-state index >= 15 is 0 Å². The molecule has 6 heteroatoms. The lowest BCUT2D eigenvalue weighted by atomic mass is 9.87. The smallest absolute Gasteiger partial charge is 0.344 e. The lowest BCUT2D eigenvalue weighted by molar-refractivity contribution is -0.150. The first-order valence-electron chi connectivity index (χ1n) is 8.15. The number of amides is 1. The van der Waals surface area contributed by atoms with E-state index in [9.17, 15) is 9.59 Å². The summed E-state index contributed by atoms with van der Waals surface area (Å²) in [5.41, 5.74) is 0.342. The third-order valence-corrected chi connectivity index (χ3v) is 4.10. The van der Waals surface area contributed by atoms with Crippen molar-refractivity contribution < 1.29 is 19.1 Å². The minimum Gasteiger partial charge on any atom is -0.481 e. The second kappa shape index (κ2) is 8.92. The Labute approximate surface area is 141 Å². The number of nitrogens with one attached hydrogen (secondary N) is 1. The van der Waals surface area contributed by atoms with Crippen molar-refractivity contribution in [3.8, 4) is 11.8 Å². The summed E-state index contributed by atoms with van der Waals surface area (Å²) in [6.07, 6.45) is 4.15. The molecule has 6 nitrogen and oxygen atoms in total. The van der Waals surface area contributed by atoms with E-state index < -0.39 is 5.97 Å². The molecule has 2 rings (SSSR count). The molecule has 1 saturated carbocycles. The molecule has 0 spiro atoms. The molecule has 128 valence electrons. The predicted molar refractivity (Wildman–Crippen MR) is 87.2 cm³/mol. The molecule has 0 aromatic heterocycles. The van der Waals surface area contributed by atoms with E-state index in [0.717, 1.165) is 25.7 Å². The van der Waals surface area contributed by atoms with Crippen molar-refractivity contribution in [2.75, 3.05) is 13.2 Å². The van der Waals surface area contributed by atoms with Gasteiger partial charge in [0.15, 0.2) is 13.2 Å². The summed E-state index contributed by atoms with van der Waals surface area (Å²) in [5.74, 6) is 0.0950. The molecule has 0 aliphatic heterocycles. The van der Waals surface area contributed by atoms with Crippen molar-refractivity contribution in [2.45, 2.75) is 38.6 Å². The maximum absolute atomic E-state index is 11.8. The molecule has 0 atom stereocenters. The van der Waals surface area contributed by atoms with Crippen molar-refractivity contribution in [2.24, 2.45) is 5.92 Å². The third kappa shape index (κ3) is 5.58. The van der Waals surface area contributed by atoms with Crippen molar-refractivity contribution in [1.82, 2.24) is 5.32 Å². The third-order valence-electron chi connectivity index (χ3n) is 4.10. The Balaban J connectivity index is 1.67. The average Bonchev–Trinajstić information content (AvgIpc) is 2.60. The van der Waals surface area contributed by atoms with Crippen LogP contribution in [0.2, 0.25) is 0 Å². The van der Waals surface area contributed by atoms with Gasteiger partial charge in [-0.25, -0.2) is 4.79 Å². The first kappa shape index (κ1) is 17.8. The van der Waals surface area contributed by atoms with E-state index in [1.807, 2.05) is 6.07 Å². The molecule has 0 heterocycles. The highest BCUT2D eigenvalue weighted by atomic mass is 16.6. The number of para-hydroxylation sites is 1. The van der Waals surface area contributed by atoms with Crippen LogP contribution in [0.3, 0.4) is 0 Å². The summed E-state index contributed by atoms with van der Waals surface area (Å²) in [6.45, 7) is 1.56. The zero-order valence-corrected chi connectivity index (χ0v) is 13.8. The van der Waals surface area contributed by atoms with Gasteiger partial charge < -0.3 is 14.8 Å². The van der Waals surface area contributed by atoms with Gasteiger partial charge in [-0.15, -0.1) is 0 Å². The summed E-state index contributed by atoms with van der Waals surface area (Å²) in [5, 5.41) is 11.8. The maximum Gasteiger partial charge on any atom is 0.344 e. The highest BCUT2D eigenvalue weighted by molar-refractivity contribution is 5.81. The van der Waals surface area contributed by atoms with Gasteiger partial charge in [0.1, 0.15) is 11.8 Å². The molecule has 1 aromatic carbocycles. The topological polar surface area (TPSA) is 88.4 Å². The van der Waals surface area contributed by atoms with Crippen LogP contribution < -0.4 is 10.1 Å². The maximum atomic E-state index is 11.8. The van der Waals surface area contributed by atoms with Gasteiger partial charge in [-0.1, -0.05) is 19.1 Å². The molecule has 1 amide bonds. The fourth-order valence-corrected chi connectivity index (χ4v) is 2.68. The Kier molecular flexibility index (Phi) is 6.62. The Morgan fingerprint density at radius 3 is 2.62 bits per heavy atom. The Hall–Kier alpha value is -2.55. The SMILES string of the molecule is CC1CCC(NC(=O)COC(=O)COc2ccccc2C#N)CC1. The molecule has 24 heavy (non-hydrogen) atoms. The van der Waals surface area contributed by atoms with Gasteiger partial charge in [-0.3, -0.25) is 4.79 Å². The molecule has 0 radical (unpaired) electrons. The zero-order chi connectivity index (χ0) is 17.4. The van der Waals surface area contributed by atoms with Gasteiger partial charge in [-0.2, -0.15) is 5.26 Å². The fourth-order valence-electron chi connectivity index (χ4n) is 2.68. The molecule has 1 fully saturated rings. The van der Waals surface area contributed by atoms with Crippen LogP contribution in [-0.4, -0.2) is 31.1 Å². The van der Waals surface area contributed by atoms with Crippen LogP contribution in [0.15, 0.2) is 24.3 Å². The molecule has 1 N–H and O–H groups in total. The van der Waals surface area contributed by atoms with Gasteiger partial charge in [0.25, 0.3) is 5.91 Å². The quantitative estimate of drug-likeness (QED) is 0.808. The van der Waals surface area contributed by atoms with Gasteiger partial charge in [-0.05, 0) is 43.7 Å². The van der Waals surface area contributed by atoms with E-state index in [4.69, 9.17) is 14.7 Å². The Bertz CT molecular complexity index is 616. The summed E-state index contributed by atoms with van der Waals surface area (Å²) in [7, 11) is 0. The van der Waals surface area contributed by atoms with Crippen LogP contribution in [0.4, 0.5) is 0 Å². The molecule has 0 saturated heterocycles. The normalized spacial score (nSPS) is 19.8. The predicted octanol–water partition coefficient (Wildman–Crippen LogP) is 2.18. The van der Waals surface area contributed by atoms with Crippen LogP contribution in [0.25, 0.3) is 0 Å². The van der Waals surface area contributed by atoms with Crippen molar-refractivity contribution in [1.29, 1.82) is 5.26 Å². The number of carbonyl (C=O) groups excluding carboxylic acids is 2. The lowest BCUT2D eigenvalue weighted by Gasteiger charge is -2.26. The number of ether oxygens (including phenoxy) is 2. The number of benzene rings is 1. The van der Waals surface area contributed by atoms with E-state index in [-0.39, 0.29) is 25.2 Å². The molecule has 1 aliphatic rings. The number of carbonyl (C=O) groups is 2. The highest BCUT2D eigenvalue weighted by Gasteiger charge is 2.20.